The third kappa shape index (κ3) is 5.67. The summed E-state index contributed by atoms with van der Waals surface area (Å²) in [7, 11) is 0. The molecule has 1 aliphatic heterocycles. The highest BCUT2D eigenvalue weighted by Gasteiger charge is 2.18. The molecule has 2 nitrogen and oxygen atoms in total. The molecule has 2 heteroatoms. The Bertz CT molecular complexity index is 2590. The van der Waals surface area contributed by atoms with Crippen LogP contribution in [-0.4, -0.2) is 4.57 Å². The average molecular weight is 653 g/mol. The zero-order valence-electron chi connectivity index (χ0n) is 28.3. The summed E-state index contributed by atoms with van der Waals surface area (Å²) in [5.41, 5.74) is 15.1. The van der Waals surface area contributed by atoms with Gasteiger partial charge in [-0.15, -0.1) is 0 Å². The van der Waals surface area contributed by atoms with Crippen molar-refractivity contribution in [3.63, 3.8) is 0 Å². The second kappa shape index (κ2) is 13.0. The lowest BCUT2D eigenvalue weighted by molar-refractivity contribution is 1.18. The summed E-state index contributed by atoms with van der Waals surface area (Å²) >= 11 is 0. The van der Waals surface area contributed by atoms with E-state index in [0.29, 0.717) is 0 Å². The zero-order chi connectivity index (χ0) is 34.1. The van der Waals surface area contributed by atoms with E-state index in [4.69, 9.17) is 0 Å². The summed E-state index contributed by atoms with van der Waals surface area (Å²) in [6.07, 6.45) is 20.2. The minimum Gasteiger partial charge on any atom is -0.317 e. The van der Waals surface area contributed by atoms with E-state index < -0.39 is 0 Å². The lowest BCUT2D eigenvalue weighted by atomic mass is 9.95. The molecule has 242 valence electrons. The first-order valence-electron chi connectivity index (χ1n) is 17.5. The zero-order valence-corrected chi connectivity index (χ0v) is 28.3. The van der Waals surface area contributed by atoms with E-state index in [9.17, 15) is 0 Å². The van der Waals surface area contributed by atoms with Gasteiger partial charge in [0.1, 0.15) is 0 Å². The number of nitrogens with zero attached hydrogens (tertiary/aromatic N) is 2. The maximum Gasteiger partial charge on any atom is 0.0541 e. The number of benzene rings is 6. The van der Waals surface area contributed by atoms with E-state index in [1.54, 1.807) is 0 Å². The molecule has 0 saturated heterocycles. The molecule has 2 aliphatic rings. The van der Waals surface area contributed by atoms with Crippen LogP contribution in [0.4, 0.5) is 5.69 Å². The van der Waals surface area contributed by atoms with E-state index in [-0.39, 0.29) is 0 Å². The molecule has 0 spiro atoms. The minimum absolute atomic E-state index is 0.932. The van der Waals surface area contributed by atoms with Gasteiger partial charge >= 0.3 is 0 Å². The fourth-order valence-electron chi connectivity index (χ4n) is 7.34. The van der Waals surface area contributed by atoms with Crippen molar-refractivity contribution < 1.29 is 0 Å². The standard InChI is InChI=1S/C49H36N2/c1-35-14-12-13-31-50(42-17-8-2-3-9-18-42)47-28-25-40(32-44(35)47)41-27-30-49-46(34-41)45-33-39(26-29-48(45)51(49)43-19-10-5-11-20-43)38-23-21-37(22-24-38)36-15-6-4-7-16-36/h2,4-34H,1,3H2/b14-12-,31-13-. The van der Waals surface area contributed by atoms with Crippen molar-refractivity contribution in [2.45, 2.75) is 6.42 Å². The molecule has 0 amide bonds. The lowest BCUT2D eigenvalue weighted by Gasteiger charge is -2.26. The van der Waals surface area contributed by atoms with Crippen molar-refractivity contribution in [3.8, 4) is 39.1 Å². The van der Waals surface area contributed by atoms with Gasteiger partial charge in [0.05, 0.1) is 16.7 Å². The lowest BCUT2D eigenvalue weighted by Crippen LogP contribution is -2.16. The molecule has 1 aliphatic carbocycles. The maximum atomic E-state index is 4.48. The largest absolute Gasteiger partial charge is 0.317 e. The predicted molar refractivity (Wildman–Crippen MR) is 218 cm³/mol. The highest BCUT2D eigenvalue weighted by molar-refractivity contribution is 6.11. The first-order chi connectivity index (χ1) is 25.2. The van der Waals surface area contributed by atoms with E-state index in [2.05, 4.69) is 210 Å². The van der Waals surface area contributed by atoms with Crippen LogP contribution in [0.2, 0.25) is 0 Å². The summed E-state index contributed by atoms with van der Waals surface area (Å²) in [6.45, 7) is 4.48. The molecule has 0 N–H and O–H groups in total. The van der Waals surface area contributed by atoms with Gasteiger partial charge < -0.3 is 9.47 Å². The van der Waals surface area contributed by atoms with Crippen LogP contribution in [0.1, 0.15) is 12.0 Å². The Kier molecular flexibility index (Phi) is 7.75. The topological polar surface area (TPSA) is 8.17 Å². The fraction of sp³-hybridized carbons (Fsp3) is 0.0204. The highest BCUT2D eigenvalue weighted by Crippen LogP contribution is 2.40. The van der Waals surface area contributed by atoms with Gasteiger partial charge in [-0.1, -0.05) is 128 Å². The van der Waals surface area contributed by atoms with Gasteiger partial charge in [-0.25, -0.2) is 0 Å². The Balaban J connectivity index is 1.18. The summed E-state index contributed by atoms with van der Waals surface area (Å²) in [5.74, 6) is 0. The van der Waals surface area contributed by atoms with Crippen LogP contribution in [0.25, 0.3) is 66.4 Å². The Morgan fingerprint density at radius 1 is 0.490 bits per heavy atom. The van der Waals surface area contributed by atoms with Gasteiger partial charge in [0.15, 0.2) is 0 Å². The number of hydrogen-bond acceptors (Lipinski definition) is 1. The Labute approximate surface area is 299 Å². The van der Waals surface area contributed by atoms with Crippen molar-refractivity contribution in [3.05, 3.63) is 212 Å². The smallest absolute Gasteiger partial charge is 0.0541 e. The van der Waals surface area contributed by atoms with Crippen LogP contribution in [0.3, 0.4) is 0 Å². The number of anilines is 1. The average Bonchev–Trinajstić information content (AvgIpc) is 3.29. The SMILES string of the molecule is C=C1/C=C\C=C/N(C2=CC=CCC=C2)c2ccc(-c3ccc4c(c3)c3cc(-c5ccc(-c6ccccc6)cc5)ccc3n4-c3ccccc3)cc21. The van der Waals surface area contributed by atoms with E-state index >= 15 is 0 Å². The number of allylic oxidation sites excluding steroid dienone is 9. The maximum absolute atomic E-state index is 4.48. The molecule has 51 heavy (non-hydrogen) atoms. The van der Waals surface area contributed by atoms with Crippen LogP contribution in [-0.2, 0) is 0 Å². The van der Waals surface area contributed by atoms with Gasteiger partial charge in [-0.3, -0.25) is 0 Å². The van der Waals surface area contributed by atoms with Crippen LogP contribution in [0, 0.1) is 0 Å². The Hall–Kier alpha value is -6.64. The van der Waals surface area contributed by atoms with Gasteiger partial charge in [-0.05, 0) is 112 Å². The van der Waals surface area contributed by atoms with E-state index in [1.165, 1.54) is 49.6 Å². The summed E-state index contributed by atoms with van der Waals surface area (Å²) in [6, 6.07) is 50.7. The first kappa shape index (κ1) is 30.4. The molecule has 0 saturated carbocycles. The van der Waals surface area contributed by atoms with Gasteiger partial charge in [0, 0.05) is 33.9 Å². The monoisotopic (exact) mass is 652 g/mol. The molecule has 2 heterocycles. The number of para-hydroxylation sites is 1. The van der Waals surface area contributed by atoms with Gasteiger partial charge in [0.2, 0.25) is 0 Å². The summed E-state index contributed by atoms with van der Waals surface area (Å²) in [5, 5.41) is 2.46. The number of rotatable bonds is 5. The summed E-state index contributed by atoms with van der Waals surface area (Å²) in [4.78, 5) is 2.25. The quantitative estimate of drug-likeness (QED) is 0.180. The minimum atomic E-state index is 0.932. The Morgan fingerprint density at radius 3 is 1.80 bits per heavy atom. The molecule has 0 bridgehead atoms. The molecule has 0 radical (unpaired) electrons. The molecule has 0 atom stereocenters. The summed E-state index contributed by atoms with van der Waals surface area (Å²) < 4.78 is 2.39. The number of fused-ring (bicyclic) bond motifs is 4. The second-order valence-electron chi connectivity index (χ2n) is 13.1. The van der Waals surface area contributed by atoms with Gasteiger partial charge in [-0.2, -0.15) is 0 Å². The van der Waals surface area contributed by atoms with Crippen LogP contribution in [0.5, 0.6) is 0 Å². The predicted octanol–water partition coefficient (Wildman–Crippen LogP) is 13.1. The molecule has 1 aromatic heterocycles. The van der Waals surface area contributed by atoms with Crippen LogP contribution < -0.4 is 4.90 Å². The molecule has 0 fully saturated rings. The van der Waals surface area contributed by atoms with Crippen molar-refractivity contribution in [2.75, 3.05) is 4.90 Å². The number of aromatic nitrogens is 1. The van der Waals surface area contributed by atoms with Crippen molar-refractivity contribution in [1.82, 2.24) is 4.57 Å². The second-order valence-corrected chi connectivity index (χ2v) is 13.1. The van der Waals surface area contributed by atoms with Crippen LogP contribution >= 0.6 is 0 Å². The third-order valence-electron chi connectivity index (χ3n) is 9.93. The van der Waals surface area contributed by atoms with Crippen molar-refractivity contribution in [1.29, 1.82) is 0 Å². The van der Waals surface area contributed by atoms with Gasteiger partial charge in [0.25, 0.3) is 0 Å². The molecular weight excluding hydrogens is 617 g/mol. The fourth-order valence-corrected chi connectivity index (χ4v) is 7.34. The molecule has 0 unspecified atom stereocenters. The number of hydrogen-bond donors (Lipinski definition) is 0. The van der Waals surface area contributed by atoms with Crippen LogP contribution in [0.15, 0.2) is 207 Å². The molecule has 9 rings (SSSR count). The highest BCUT2D eigenvalue weighted by atomic mass is 15.1. The van der Waals surface area contributed by atoms with E-state index in [1.807, 2.05) is 0 Å². The normalized spacial score (nSPS) is 15.3. The molecule has 7 aromatic rings. The van der Waals surface area contributed by atoms with E-state index in [0.717, 1.165) is 40.2 Å². The van der Waals surface area contributed by atoms with Crippen molar-refractivity contribution in [2.24, 2.45) is 0 Å². The molecule has 6 aromatic carbocycles. The van der Waals surface area contributed by atoms with Crippen molar-refractivity contribution >= 4 is 33.1 Å². The third-order valence-corrected chi connectivity index (χ3v) is 9.93. The first-order valence-corrected chi connectivity index (χ1v) is 17.5. The molecular formula is C49H36N2. The Morgan fingerprint density at radius 2 is 1.08 bits per heavy atom.